The Morgan fingerprint density at radius 2 is 1.44 bits per heavy atom. The number of pyridine rings is 1. The summed E-state index contributed by atoms with van der Waals surface area (Å²) in [5.41, 5.74) is 2.24. The molecule has 0 aliphatic heterocycles. The van der Waals surface area contributed by atoms with Crippen molar-refractivity contribution in [3.8, 4) is 0 Å². The van der Waals surface area contributed by atoms with Gasteiger partial charge in [0, 0.05) is 0 Å². The summed E-state index contributed by atoms with van der Waals surface area (Å²) in [7, 11) is 0. The average Bonchev–Trinajstić information content (AvgIpc) is 2.60. The van der Waals surface area contributed by atoms with E-state index >= 15 is 0 Å². The zero-order chi connectivity index (χ0) is 17.9. The van der Waals surface area contributed by atoms with Gasteiger partial charge in [0.1, 0.15) is 0 Å². The van der Waals surface area contributed by atoms with Crippen LogP contribution in [-0.2, 0) is 12.6 Å². The SMILES string of the molecule is FC(F)(F)c1ccc(C(Cc2cccc([AsH2])n2)c2ccccc2)cc1. The Kier molecular flexibility index (Phi) is 5.29. The van der Waals surface area contributed by atoms with Crippen LogP contribution in [0.5, 0.6) is 0 Å². The molecule has 0 radical (unpaired) electrons. The summed E-state index contributed by atoms with van der Waals surface area (Å²) in [6.45, 7) is 0. The molecule has 2 unspecified atom stereocenters. The Balaban J connectivity index is 1.97. The summed E-state index contributed by atoms with van der Waals surface area (Å²) >= 11 is 1.45. The van der Waals surface area contributed by atoms with Gasteiger partial charge in [0.15, 0.2) is 0 Å². The van der Waals surface area contributed by atoms with Gasteiger partial charge in [0.05, 0.1) is 0 Å². The fourth-order valence-electron chi connectivity index (χ4n) is 2.84. The normalized spacial score (nSPS) is 12.8. The van der Waals surface area contributed by atoms with Crippen LogP contribution in [0.3, 0.4) is 0 Å². The number of hydrogen-bond acceptors (Lipinski definition) is 1. The third-order valence-corrected chi connectivity index (χ3v) is 4.76. The molecule has 5 heteroatoms. The number of rotatable bonds is 4. The molecule has 0 N–H and O–H groups in total. The molecule has 25 heavy (non-hydrogen) atoms. The van der Waals surface area contributed by atoms with Crippen LogP contribution in [0.1, 0.15) is 28.3 Å². The van der Waals surface area contributed by atoms with Gasteiger partial charge in [0.2, 0.25) is 0 Å². The van der Waals surface area contributed by atoms with E-state index in [-0.39, 0.29) is 5.92 Å². The number of nitrogens with zero attached hydrogens (tertiary/aromatic N) is 1. The Bertz CT molecular complexity index is 830. The van der Waals surface area contributed by atoms with E-state index in [1.165, 1.54) is 16.9 Å². The van der Waals surface area contributed by atoms with Gasteiger partial charge < -0.3 is 0 Å². The molecule has 0 saturated carbocycles. The standard InChI is InChI=1S/C20H17AsF3N/c21-19-8-4-7-17(25-19)13-18(14-5-2-1-3-6-14)15-9-11-16(12-10-15)20(22,23)24/h1-12,18H,13,21H2. The molecule has 0 bridgehead atoms. The molecule has 2 aromatic carbocycles. The molecule has 0 spiro atoms. The van der Waals surface area contributed by atoms with E-state index in [2.05, 4.69) is 4.98 Å². The first-order valence-electron chi connectivity index (χ1n) is 7.87. The van der Waals surface area contributed by atoms with Gasteiger partial charge in [-0.1, -0.05) is 0 Å². The fourth-order valence-corrected chi connectivity index (χ4v) is 3.42. The first-order valence-corrected chi connectivity index (χ1v) is 9.08. The third kappa shape index (κ3) is 4.52. The Morgan fingerprint density at radius 1 is 0.800 bits per heavy atom. The Hall–Kier alpha value is -2.06. The van der Waals surface area contributed by atoms with Crippen molar-refractivity contribution >= 4 is 21.3 Å². The van der Waals surface area contributed by atoms with E-state index in [1.807, 2.05) is 48.5 Å². The number of benzene rings is 2. The molecule has 1 aromatic heterocycles. The van der Waals surface area contributed by atoms with E-state index < -0.39 is 11.7 Å². The molecule has 1 heterocycles. The predicted molar refractivity (Wildman–Crippen MR) is 95.8 cm³/mol. The van der Waals surface area contributed by atoms with E-state index in [9.17, 15) is 13.2 Å². The van der Waals surface area contributed by atoms with Gasteiger partial charge in [-0.3, -0.25) is 0 Å². The van der Waals surface area contributed by atoms with Crippen molar-refractivity contribution in [2.75, 3.05) is 0 Å². The molecular formula is C20H17AsF3N. The average molecular weight is 403 g/mol. The Labute approximate surface area is 153 Å². The fraction of sp³-hybridized carbons (Fsp3) is 0.150. The maximum atomic E-state index is 12.8. The Morgan fingerprint density at radius 3 is 2.04 bits per heavy atom. The van der Waals surface area contributed by atoms with E-state index in [1.54, 1.807) is 12.1 Å². The summed E-state index contributed by atoms with van der Waals surface area (Å²) < 4.78 is 39.5. The van der Waals surface area contributed by atoms with Crippen molar-refractivity contribution < 1.29 is 13.2 Å². The summed E-state index contributed by atoms with van der Waals surface area (Å²) in [6, 6.07) is 21.1. The first kappa shape index (κ1) is 17.8. The molecule has 3 rings (SSSR count). The number of hydrogen-bond donors (Lipinski definition) is 0. The molecule has 1 nitrogen and oxygen atoms in total. The van der Waals surface area contributed by atoms with Crippen molar-refractivity contribution in [2.24, 2.45) is 0 Å². The van der Waals surface area contributed by atoms with Crippen LogP contribution < -0.4 is 4.48 Å². The van der Waals surface area contributed by atoms with Crippen molar-refractivity contribution in [2.45, 2.75) is 18.5 Å². The van der Waals surface area contributed by atoms with Crippen LogP contribution >= 0.6 is 0 Å². The monoisotopic (exact) mass is 403 g/mol. The van der Waals surface area contributed by atoms with Gasteiger partial charge in [0.25, 0.3) is 0 Å². The number of aromatic nitrogens is 1. The number of halogens is 3. The van der Waals surface area contributed by atoms with Crippen molar-refractivity contribution in [3.63, 3.8) is 0 Å². The van der Waals surface area contributed by atoms with Crippen LogP contribution in [0, 0.1) is 0 Å². The molecule has 3 aromatic rings. The quantitative estimate of drug-likeness (QED) is 0.605. The molecule has 0 aliphatic carbocycles. The van der Waals surface area contributed by atoms with Gasteiger partial charge in [-0.15, -0.1) is 0 Å². The molecular weight excluding hydrogens is 386 g/mol. The van der Waals surface area contributed by atoms with Crippen LogP contribution in [0.4, 0.5) is 13.2 Å². The second-order valence-electron chi connectivity index (χ2n) is 5.84. The minimum atomic E-state index is -4.32. The maximum absolute atomic E-state index is 12.8. The second-order valence-corrected chi connectivity index (χ2v) is 7.08. The molecule has 0 saturated heterocycles. The van der Waals surface area contributed by atoms with E-state index in [0.717, 1.165) is 33.4 Å². The first-order chi connectivity index (χ1) is 11.9. The van der Waals surface area contributed by atoms with Gasteiger partial charge in [-0.05, 0) is 0 Å². The summed E-state index contributed by atoms with van der Waals surface area (Å²) in [5, 5.41) is 0. The zero-order valence-corrected chi connectivity index (χ0v) is 15.8. The van der Waals surface area contributed by atoms with Gasteiger partial charge >= 0.3 is 153 Å². The molecule has 0 fully saturated rings. The number of alkyl halides is 3. The molecule has 128 valence electrons. The van der Waals surface area contributed by atoms with E-state index in [0.29, 0.717) is 6.42 Å². The topological polar surface area (TPSA) is 12.9 Å². The third-order valence-electron chi connectivity index (χ3n) is 4.08. The van der Waals surface area contributed by atoms with Gasteiger partial charge in [-0.2, -0.15) is 0 Å². The van der Waals surface area contributed by atoms with Crippen LogP contribution in [0.2, 0.25) is 0 Å². The van der Waals surface area contributed by atoms with Crippen molar-refractivity contribution in [3.05, 3.63) is 95.2 Å². The molecule has 0 amide bonds. The summed E-state index contributed by atoms with van der Waals surface area (Å²) in [4.78, 5) is 4.57. The summed E-state index contributed by atoms with van der Waals surface area (Å²) in [6.07, 6.45) is -3.67. The van der Waals surface area contributed by atoms with Crippen LogP contribution in [0.25, 0.3) is 0 Å². The van der Waals surface area contributed by atoms with Gasteiger partial charge in [-0.25, -0.2) is 0 Å². The van der Waals surface area contributed by atoms with Crippen LogP contribution in [0.15, 0.2) is 72.8 Å². The second kappa shape index (κ2) is 7.45. The van der Waals surface area contributed by atoms with Crippen molar-refractivity contribution in [1.29, 1.82) is 0 Å². The zero-order valence-electron chi connectivity index (χ0n) is 13.4. The van der Waals surface area contributed by atoms with E-state index in [4.69, 9.17) is 0 Å². The predicted octanol–water partition coefficient (Wildman–Crippen LogP) is 3.73. The van der Waals surface area contributed by atoms with Crippen molar-refractivity contribution in [1.82, 2.24) is 4.98 Å². The molecule has 0 aliphatic rings. The van der Waals surface area contributed by atoms with Crippen LogP contribution in [-0.4, -0.2) is 21.8 Å². The molecule has 2 atom stereocenters. The summed E-state index contributed by atoms with van der Waals surface area (Å²) in [5.74, 6) is -0.0368. The minimum absolute atomic E-state index is 0.0368.